The molecule has 0 saturated carbocycles. The van der Waals surface area contributed by atoms with Crippen LogP contribution in [0, 0.1) is 17.0 Å². The van der Waals surface area contributed by atoms with Crippen LogP contribution in [0.25, 0.3) is 11.3 Å². The molecule has 148 valence electrons. The monoisotopic (exact) mass is 394 g/mol. The highest BCUT2D eigenvalue weighted by Gasteiger charge is 2.13. The first-order valence-corrected chi connectivity index (χ1v) is 8.65. The third-order valence-corrected chi connectivity index (χ3v) is 4.25. The van der Waals surface area contributed by atoms with Gasteiger partial charge in [0.2, 0.25) is 5.91 Å². The Kier molecular flexibility index (Phi) is 5.68. The van der Waals surface area contributed by atoms with Crippen LogP contribution < -0.4 is 15.6 Å². The molecule has 0 fully saturated rings. The van der Waals surface area contributed by atoms with Crippen LogP contribution in [0.3, 0.4) is 0 Å². The lowest BCUT2D eigenvalue weighted by molar-refractivity contribution is -0.384. The lowest BCUT2D eigenvalue weighted by Crippen LogP contribution is -2.29. The fourth-order valence-electron chi connectivity index (χ4n) is 2.66. The van der Waals surface area contributed by atoms with E-state index < -0.39 is 16.4 Å². The number of nitro groups is 1. The summed E-state index contributed by atoms with van der Waals surface area (Å²) in [6.07, 6.45) is 0. The molecule has 0 bridgehead atoms. The zero-order chi connectivity index (χ0) is 21.0. The normalized spacial score (nSPS) is 10.4. The van der Waals surface area contributed by atoms with E-state index in [1.54, 1.807) is 50.4 Å². The number of anilines is 1. The smallest absolute Gasteiger partial charge is 0.271 e. The molecule has 3 aromatic rings. The fraction of sp³-hybridized carbons (Fsp3) is 0.150. The standard InChI is InChI=1S/C20H18N4O5/c1-13-3-6-15(24(27)28)11-18(13)21-19(25)12-23-20(26)10-9-17(22-23)14-4-7-16(29-2)8-5-14/h3-11H,12H2,1-2H3,(H,21,25). The summed E-state index contributed by atoms with van der Waals surface area (Å²) in [5.74, 6) is 0.170. The number of aryl methyl sites for hydroxylation is 1. The average Bonchev–Trinajstić information content (AvgIpc) is 2.71. The van der Waals surface area contributed by atoms with Gasteiger partial charge in [-0.05, 0) is 42.8 Å². The molecule has 0 aliphatic heterocycles. The Morgan fingerprint density at radius 2 is 1.90 bits per heavy atom. The van der Waals surface area contributed by atoms with Crippen molar-refractivity contribution in [3.05, 3.63) is 80.6 Å². The lowest BCUT2D eigenvalue weighted by atomic mass is 10.1. The van der Waals surface area contributed by atoms with Crippen molar-refractivity contribution in [3.63, 3.8) is 0 Å². The van der Waals surface area contributed by atoms with E-state index in [-0.39, 0.29) is 12.2 Å². The Labute approximate surface area is 165 Å². The number of benzene rings is 2. The maximum Gasteiger partial charge on any atom is 0.271 e. The third-order valence-electron chi connectivity index (χ3n) is 4.25. The predicted molar refractivity (Wildman–Crippen MR) is 107 cm³/mol. The summed E-state index contributed by atoms with van der Waals surface area (Å²) in [7, 11) is 1.56. The number of nitro benzene ring substituents is 1. The molecule has 29 heavy (non-hydrogen) atoms. The number of methoxy groups -OCH3 is 1. The minimum Gasteiger partial charge on any atom is -0.497 e. The maximum atomic E-state index is 12.4. The second kappa shape index (κ2) is 8.34. The van der Waals surface area contributed by atoms with Gasteiger partial charge in [-0.2, -0.15) is 5.10 Å². The largest absolute Gasteiger partial charge is 0.497 e. The van der Waals surface area contributed by atoms with Gasteiger partial charge in [0, 0.05) is 23.8 Å². The number of rotatable bonds is 6. The second-order valence-electron chi connectivity index (χ2n) is 6.25. The van der Waals surface area contributed by atoms with E-state index in [4.69, 9.17) is 4.74 Å². The number of hydrogen-bond donors (Lipinski definition) is 1. The fourth-order valence-corrected chi connectivity index (χ4v) is 2.66. The van der Waals surface area contributed by atoms with Crippen molar-refractivity contribution in [2.45, 2.75) is 13.5 Å². The van der Waals surface area contributed by atoms with E-state index in [0.717, 1.165) is 10.2 Å². The highest BCUT2D eigenvalue weighted by molar-refractivity contribution is 5.91. The van der Waals surface area contributed by atoms with E-state index in [0.29, 0.717) is 22.7 Å². The van der Waals surface area contributed by atoms with E-state index in [1.165, 1.54) is 18.2 Å². The molecule has 1 heterocycles. The van der Waals surface area contributed by atoms with Gasteiger partial charge < -0.3 is 10.1 Å². The summed E-state index contributed by atoms with van der Waals surface area (Å²) in [4.78, 5) is 34.9. The number of hydrogen-bond acceptors (Lipinski definition) is 6. The number of non-ortho nitro benzene ring substituents is 1. The van der Waals surface area contributed by atoms with Gasteiger partial charge in [0.25, 0.3) is 11.2 Å². The molecule has 0 aliphatic rings. The Morgan fingerprint density at radius 3 is 2.55 bits per heavy atom. The topological polar surface area (TPSA) is 116 Å². The van der Waals surface area contributed by atoms with E-state index in [9.17, 15) is 19.7 Å². The van der Waals surface area contributed by atoms with Gasteiger partial charge in [-0.1, -0.05) is 6.07 Å². The zero-order valence-electron chi connectivity index (χ0n) is 15.8. The van der Waals surface area contributed by atoms with Gasteiger partial charge in [0.05, 0.1) is 23.4 Å². The van der Waals surface area contributed by atoms with Crippen molar-refractivity contribution in [2.24, 2.45) is 0 Å². The molecule has 0 atom stereocenters. The van der Waals surface area contributed by atoms with Gasteiger partial charge in [0.15, 0.2) is 0 Å². The van der Waals surface area contributed by atoms with Crippen LogP contribution in [0.4, 0.5) is 11.4 Å². The van der Waals surface area contributed by atoms with Gasteiger partial charge in [-0.25, -0.2) is 4.68 Å². The maximum absolute atomic E-state index is 12.4. The van der Waals surface area contributed by atoms with Gasteiger partial charge in [-0.3, -0.25) is 19.7 Å². The van der Waals surface area contributed by atoms with Crippen molar-refractivity contribution in [1.82, 2.24) is 9.78 Å². The highest BCUT2D eigenvalue weighted by Crippen LogP contribution is 2.22. The minimum atomic E-state index is -0.542. The Balaban J connectivity index is 1.81. The minimum absolute atomic E-state index is 0.136. The quantitative estimate of drug-likeness (QED) is 0.508. The molecular weight excluding hydrogens is 376 g/mol. The number of nitrogens with one attached hydrogen (secondary N) is 1. The van der Waals surface area contributed by atoms with Gasteiger partial charge >= 0.3 is 0 Å². The number of carbonyl (C=O) groups is 1. The van der Waals surface area contributed by atoms with Gasteiger partial charge in [-0.15, -0.1) is 0 Å². The summed E-state index contributed by atoms with van der Waals surface area (Å²) >= 11 is 0. The molecule has 1 amide bonds. The molecule has 9 heteroatoms. The molecule has 0 aliphatic carbocycles. The SMILES string of the molecule is COc1ccc(-c2ccc(=O)n(CC(=O)Nc3cc([N+](=O)[O-])ccc3C)n2)cc1. The molecule has 1 aromatic heterocycles. The number of nitrogens with zero attached hydrogens (tertiary/aromatic N) is 3. The van der Waals surface area contributed by atoms with Crippen LogP contribution in [-0.4, -0.2) is 27.7 Å². The summed E-state index contributed by atoms with van der Waals surface area (Å²) in [5, 5.41) is 17.8. The Hall–Kier alpha value is -4.01. The van der Waals surface area contributed by atoms with Crippen LogP contribution in [0.5, 0.6) is 5.75 Å². The average molecular weight is 394 g/mol. The van der Waals surface area contributed by atoms with Crippen LogP contribution in [-0.2, 0) is 11.3 Å². The van der Waals surface area contributed by atoms with E-state index >= 15 is 0 Å². The molecule has 0 saturated heterocycles. The number of ether oxygens (including phenoxy) is 1. The van der Waals surface area contributed by atoms with E-state index in [2.05, 4.69) is 10.4 Å². The Bertz CT molecular complexity index is 1120. The molecule has 0 unspecified atom stereocenters. The Morgan fingerprint density at radius 1 is 1.17 bits per heavy atom. The molecule has 9 nitrogen and oxygen atoms in total. The van der Waals surface area contributed by atoms with Crippen LogP contribution in [0.15, 0.2) is 59.4 Å². The summed E-state index contributed by atoms with van der Waals surface area (Å²) in [5.41, 5.74) is 1.68. The first-order chi connectivity index (χ1) is 13.9. The lowest BCUT2D eigenvalue weighted by Gasteiger charge is -2.10. The molecule has 0 radical (unpaired) electrons. The zero-order valence-corrected chi connectivity index (χ0v) is 15.8. The molecule has 0 spiro atoms. The van der Waals surface area contributed by atoms with Crippen molar-refractivity contribution < 1.29 is 14.5 Å². The number of amides is 1. The predicted octanol–water partition coefficient (Wildman–Crippen LogP) is 2.77. The third kappa shape index (κ3) is 4.64. The van der Waals surface area contributed by atoms with Crippen LogP contribution in [0.2, 0.25) is 0 Å². The summed E-state index contributed by atoms with van der Waals surface area (Å²) < 4.78 is 6.16. The first kappa shape index (κ1) is 19.7. The van der Waals surface area contributed by atoms with E-state index in [1.807, 2.05) is 0 Å². The first-order valence-electron chi connectivity index (χ1n) is 8.65. The van der Waals surface area contributed by atoms with Crippen molar-refractivity contribution in [2.75, 3.05) is 12.4 Å². The van der Waals surface area contributed by atoms with Crippen molar-refractivity contribution >= 4 is 17.3 Å². The summed E-state index contributed by atoms with van der Waals surface area (Å²) in [6, 6.07) is 14.2. The molecular formula is C20H18N4O5. The highest BCUT2D eigenvalue weighted by atomic mass is 16.6. The van der Waals surface area contributed by atoms with Crippen molar-refractivity contribution in [1.29, 1.82) is 0 Å². The van der Waals surface area contributed by atoms with Crippen LogP contribution in [0.1, 0.15) is 5.56 Å². The molecule has 2 aromatic carbocycles. The molecule has 1 N–H and O–H groups in total. The van der Waals surface area contributed by atoms with Crippen molar-refractivity contribution in [3.8, 4) is 17.0 Å². The van der Waals surface area contributed by atoms with Crippen LogP contribution >= 0.6 is 0 Å². The number of aromatic nitrogens is 2. The van der Waals surface area contributed by atoms with Gasteiger partial charge in [0.1, 0.15) is 12.3 Å². The second-order valence-corrected chi connectivity index (χ2v) is 6.25. The summed E-state index contributed by atoms with van der Waals surface area (Å²) in [6.45, 7) is 1.39. The number of carbonyl (C=O) groups excluding carboxylic acids is 1. The molecule has 3 rings (SSSR count).